The van der Waals surface area contributed by atoms with Crippen LogP contribution in [0.2, 0.25) is 0 Å². The van der Waals surface area contributed by atoms with Crippen molar-refractivity contribution in [3.8, 4) is 65.5 Å². The molecule has 19 rings (SSSR count). The van der Waals surface area contributed by atoms with E-state index in [2.05, 4.69) is 114 Å². The summed E-state index contributed by atoms with van der Waals surface area (Å²) < 4.78 is 69.7. The molecule has 0 bridgehead atoms. The number of fused-ring (bicyclic) bond motifs is 19. The van der Waals surface area contributed by atoms with Gasteiger partial charge in [0, 0.05) is 120 Å². The third kappa shape index (κ3) is 18.6. The van der Waals surface area contributed by atoms with Crippen LogP contribution >= 0.6 is 0 Å². The van der Waals surface area contributed by atoms with Gasteiger partial charge in [-0.1, -0.05) is 136 Å². The fraction of sp³-hybridized carbons (Fsp3) is 0.585. The molecule has 0 aromatic carbocycles. The van der Waals surface area contributed by atoms with Gasteiger partial charge in [-0.25, -0.2) is 26.1 Å². The summed E-state index contributed by atoms with van der Waals surface area (Å²) in [6.45, 7) is 55.8. The average Bonchev–Trinajstić information content (AvgIpc) is 1.05. The van der Waals surface area contributed by atoms with Crippen LogP contribution in [0.1, 0.15) is 256 Å². The molecule has 141 heavy (non-hydrogen) atoms. The Morgan fingerprint density at radius 2 is 0.660 bits per heavy atom. The first-order chi connectivity index (χ1) is 66.3. The lowest BCUT2D eigenvalue weighted by atomic mass is 9.55. The van der Waals surface area contributed by atoms with Crippen molar-refractivity contribution < 1.29 is 87.1 Å². The van der Waals surface area contributed by atoms with Gasteiger partial charge in [0.1, 0.15) is 5.76 Å². The van der Waals surface area contributed by atoms with Crippen LogP contribution in [0.4, 0.5) is 0 Å². The number of carbonyl (C=O) groups excluding carboxylic acids is 5. The highest BCUT2D eigenvalue weighted by Gasteiger charge is 2.59. The van der Waals surface area contributed by atoms with E-state index < -0.39 is 22.3 Å². The first-order valence-electron chi connectivity index (χ1n) is 47.4. The monoisotopic (exact) mass is 1940 g/mol. The summed E-state index contributed by atoms with van der Waals surface area (Å²) in [6, 6.07) is 1.14. The zero-order chi connectivity index (χ0) is 101. The van der Waals surface area contributed by atoms with Crippen LogP contribution in [0.15, 0.2) is 57.9 Å². The van der Waals surface area contributed by atoms with E-state index in [4.69, 9.17) is 89.3 Å². The average molecular weight is 1940 g/mol. The van der Waals surface area contributed by atoms with Gasteiger partial charge in [-0.2, -0.15) is 54.8 Å². The number of ether oxygens (including phenoxy) is 11. The molecule has 35 heteroatoms. The summed E-state index contributed by atoms with van der Waals surface area (Å²) in [5.41, 5.74) is 12.4. The van der Waals surface area contributed by atoms with Crippen molar-refractivity contribution in [2.24, 2.45) is 65.1 Å². The van der Waals surface area contributed by atoms with Gasteiger partial charge in [0.2, 0.25) is 52.3 Å². The van der Waals surface area contributed by atoms with E-state index in [9.17, 15) is 29.1 Å². The Kier molecular flexibility index (Phi) is 32.9. The summed E-state index contributed by atoms with van der Waals surface area (Å²) in [4.78, 5) is 129. The molecule has 12 aliphatic rings. The number of allylic oxidation sites excluding steroid dienone is 7. The quantitative estimate of drug-likeness (QED) is 0.0714. The third-order valence-corrected chi connectivity index (χ3v) is 32.1. The minimum Gasteiger partial charge on any atom is -0.515 e. The number of ketones is 5. The van der Waals surface area contributed by atoms with Crippen LogP contribution in [0.3, 0.4) is 0 Å². The van der Waals surface area contributed by atoms with Crippen LogP contribution in [0.25, 0.3) is 19.4 Å². The Labute approximate surface area is 829 Å². The second kappa shape index (κ2) is 42.9. The van der Waals surface area contributed by atoms with E-state index in [0.717, 1.165) is 169 Å². The number of aryl methyl sites for hydroxylation is 1. The Hall–Kier alpha value is -13.4. The maximum Gasteiger partial charge on any atom is 0.319 e. The zero-order valence-corrected chi connectivity index (χ0v) is 83.5. The number of hydrogen-bond donors (Lipinski definition) is 1. The minimum atomic E-state index is -0.593. The molecule has 12 aliphatic carbocycles. The predicted octanol–water partition coefficient (Wildman–Crippen LogP) is 17.1. The molecule has 19 atom stereocenters. The van der Waals surface area contributed by atoms with Crippen LogP contribution in [0.5, 0.6) is 65.5 Å². The van der Waals surface area contributed by atoms with Gasteiger partial charge in [-0.3, -0.25) is 9.59 Å². The molecular formula is C106H137N17O18. The van der Waals surface area contributed by atoms with E-state index in [1.54, 1.807) is 61.9 Å². The van der Waals surface area contributed by atoms with Crippen molar-refractivity contribution in [1.82, 2.24) is 65.0 Å². The molecule has 1 N–H and O–H groups in total. The molecule has 0 spiro atoms. The Bertz CT molecular complexity index is 6180. The highest BCUT2D eigenvalue weighted by Crippen LogP contribution is 2.60. The number of rotatable bonds is 11. The van der Waals surface area contributed by atoms with Gasteiger partial charge >= 0.3 is 36.1 Å². The molecular weight excluding hydrogens is 1800 g/mol. The smallest absolute Gasteiger partial charge is 0.319 e. The van der Waals surface area contributed by atoms with Gasteiger partial charge < -0.3 is 81.0 Å². The minimum absolute atomic E-state index is 0. The summed E-state index contributed by atoms with van der Waals surface area (Å²) in [6.07, 6.45) is 20.2. The molecule has 0 amide bonds. The number of nitrogens with zero attached hydrogens (tertiary/aromatic N) is 17. The van der Waals surface area contributed by atoms with E-state index in [1.807, 2.05) is 67.7 Å². The van der Waals surface area contributed by atoms with E-state index in [0.29, 0.717) is 71.7 Å². The third-order valence-electron chi connectivity index (χ3n) is 32.1. The van der Waals surface area contributed by atoms with Gasteiger partial charge in [-0.05, 0) is 138 Å². The van der Waals surface area contributed by atoms with Crippen molar-refractivity contribution in [3.05, 3.63) is 184 Å². The predicted molar refractivity (Wildman–Crippen MR) is 525 cm³/mol. The van der Waals surface area contributed by atoms with Crippen molar-refractivity contribution in [3.63, 3.8) is 0 Å². The molecule has 0 saturated heterocycles. The summed E-state index contributed by atoms with van der Waals surface area (Å²) in [7, 11) is 18.4. The van der Waals surface area contributed by atoms with Crippen LogP contribution in [0, 0.1) is 98.3 Å². The van der Waals surface area contributed by atoms with Gasteiger partial charge in [0.15, 0.2) is 23.1 Å². The van der Waals surface area contributed by atoms with Crippen molar-refractivity contribution in [2.45, 2.75) is 260 Å². The Morgan fingerprint density at radius 3 is 0.986 bits per heavy atom. The first kappa shape index (κ1) is 108. The number of aliphatic hydroxyl groups is 1. The molecule has 0 radical (unpaired) electrons. The largest absolute Gasteiger partial charge is 0.515 e. The second-order valence-electron chi connectivity index (χ2n) is 38.9. The standard InChI is InChI=1S/2C17H21N3O3.2C17H19N3O3.C17H19N3O2.C17H22N2O4.4CH4/c1-9-12-6-5-11-14(19-16(22-4)20-15(11)21-3)17(12,2)7-10-8-18-23-13(9)10;3*1-9-11-7-6-10-14(19-16(23-5)20-15(10)22-4)17(11,2)8-12(18-3)13(9)21;1-9-12-7-6-11-10(2)19-16(22-5)20-15(11)17(12,3)8-13(18-4)14(9)21;1-9-12-6-5-11-14(18-16(23-4)19-15(11)22-3)17(12,2)7-10(8-20)13(9)21;;;;/h8-9,12H,5-7H2,1-4H3;9,11-12H,6-8H2,1-2,4-5H3;2*8-9,11H,6-7H2,1-2,4-5H3;8-9,12H,6-7H2,1-3,5H3;8-9,12,20H,5-7H2,1-4H3;4*1H4/b;;;;;10-8-;;;;/t9-,12-,17-;9-,11-,12?,17-;9-,11-,17+;9-,11-,17-;2*9-,12-,17-;;;;/m001000..../s1/i;;;;;;1T;;;. The summed E-state index contributed by atoms with van der Waals surface area (Å²) >= 11 is 0. The molecule has 754 valence electrons. The first-order valence-corrected chi connectivity index (χ1v) is 46.4. The highest BCUT2D eigenvalue weighted by molar-refractivity contribution is 6.02. The van der Waals surface area contributed by atoms with Gasteiger partial charge in [0.25, 0.3) is 6.04 Å². The molecule has 0 aliphatic heterocycles. The van der Waals surface area contributed by atoms with Crippen molar-refractivity contribution in [2.75, 3.05) is 78.2 Å². The van der Waals surface area contributed by atoms with Gasteiger partial charge in [0.05, 0.1) is 145 Å². The topological polar surface area (TPSA) is 405 Å². The number of aliphatic hydroxyl groups excluding tert-OH is 1. The number of aromatic nitrogens is 13. The molecule has 2 saturated carbocycles. The fourth-order valence-corrected chi connectivity index (χ4v) is 25.1. The number of methoxy groups -OCH3 is 11. The Morgan fingerprint density at radius 1 is 0.376 bits per heavy atom. The van der Waals surface area contributed by atoms with E-state index in [-0.39, 0.29) is 168 Å². The zero-order valence-electron chi connectivity index (χ0n) is 84.5. The van der Waals surface area contributed by atoms with Crippen LogP contribution in [-0.2, 0) is 101 Å². The Balaban J connectivity index is 0.000000174. The second-order valence-corrected chi connectivity index (χ2v) is 38.9. The molecule has 1 unspecified atom stereocenters. The van der Waals surface area contributed by atoms with Crippen molar-refractivity contribution >= 4 is 28.9 Å². The number of hydrogen-bond acceptors (Lipinski definition) is 31. The summed E-state index contributed by atoms with van der Waals surface area (Å²) in [5.74, 6) is 4.36. The van der Waals surface area contributed by atoms with E-state index in [1.165, 1.54) is 41.4 Å². The van der Waals surface area contributed by atoms with Crippen LogP contribution < -0.4 is 52.1 Å². The van der Waals surface area contributed by atoms with E-state index >= 15 is 0 Å². The SMILES string of the molecule is C.C.C.COc1nc(OC)c2c(n1)[C@@]1(C)C/C(=C/O)C(=O)[C@@H](C)[C@@H]1CC2.COc1nc(OC)c2c(n1)[C@@]1(C)Cc3cnoc3[C@@H](C)[C@@H]1CC2.[3H]C.[C-]#[N+]C1=C[C@]2(C)c3nc(OC)nc(C)c3CC[C@H]2[C@H](C)C1=O.[C-]#[N+]C1=C[C@]2(C)c3nc(OC)nc(OC)c3CC[C@@H]2[C@@H](C)C1=O.[C-]#[N+]C1=C[C@]2(C)c3nc(OC)nc(OC)c3CC[C@H]2[C@H](C)C1=O.[C-]#[N+]C1C[C@]2(C)c3nc(OC)nc(OC)c3CC[C@H]2[C@H](C)C1=O. The number of carbonyl (C=O) groups is 5. The molecule has 2 fully saturated rings. The fourth-order valence-electron chi connectivity index (χ4n) is 25.1. The van der Waals surface area contributed by atoms with Gasteiger partial charge in [-0.15, -0.1) is 0 Å². The molecule has 7 aromatic rings. The molecule has 7 aromatic heterocycles. The highest BCUT2D eigenvalue weighted by atomic mass is 16.5. The maximum absolute atomic E-state index is 12.4. The van der Waals surface area contributed by atoms with Crippen molar-refractivity contribution in [1.29, 1.82) is 0 Å². The number of Topliss-reactive ketones (excluding diaryl/α,β-unsaturated/α-hetero) is 5. The maximum atomic E-state index is 12.4. The molecule has 7 heterocycles. The summed E-state index contributed by atoms with van der Waals surface area (Å²) in [5, 5.41) is 13.5. The normalized spacial score (nSPS) is 29.3. The lowest BCUT2D eigenvalue weighted by molar-refractivity contribution is -0.129. The lowest BCUT2D eigenvalue weighted by Crippen LogP contribution is -2.52. The molecule has 35 nitrogen and oxygen atoms in total. The van der Waals surface area contributed by atoms with Crippen LogP contribution in [-0.4, -0.2) is 183 Å². The lowest BCUT2D eigenvalue weighted by Gasteiger charge is -2.48.